The maximum Gasteiger partial charge on any atom is 0.188 e. The lowest BCUT2D eigenvalue weighted by molar-refractivity contribution is 0.245. The third-order valence-corrected chi connectivity index (χ3v) is 3.49. The molecule has 0 saturated carbocycles. The maximum atomic E-state index is 13.2. The molecule has 7 heteroatoms. The number of hydrogen-bond donors (Lipinski definition) is 2. The molecule has 0 amide bonds. The maximum absolute atomic E-state index is 13.2. The number of halogens is 1. The van der Waals surface area contributed by atoms with Crippen LogP contribution in [0.15, 0.2) is 42.7 Å². The molecule has 0 aliphatic heterocycles. The summed E-state index contributed by atoms with van der Waals surface area (Å²) in [5.74, 6) is 0.729. The second-order valence-electron chi connectivity index (χ2n) is 5.07. The molecular weight excluding hydrogens is 297 g/mol. The number of nitrogens with one attached hydrogen (secondary N) is 1. The molecule has 0 radical (unpaired) electrons. The highest BCUT2D eigenvalue weighted by molar-refractivity contribution is 5.73. The van der Waals surface area contributed by atoms with Crippen LogP contribution in [0, 0.1) is 0 Å². The Hall–Kier alpha value is -2.96. The largest absolute Gasteiger partial charge is 0.507 e. The second kappa shape index (κ2) is 6.04. The summed E-state index contributed by atoms with van der Waals surface area (Å²) in [4.78, 5) is 0. The van der Waals surface area contributed by atoms with Gasteiger partial charge in [0.2, 0.25) is 0 Å². The van der Waals surface area contributed by atoms with Gasteiger partial charge in [-0.1, -0.05) is 6.07 Å². The highest BCUT2D eigenvalue weighted by Crippen LogP contribution is 2.32. The standard InChI is InChI=1S/C16H16FN5O/c1-10(17)22-9-12(8-19-22)11-3-4-13(15(23)7-11)14-5-6-16(18-2)21-20-14/h3-10,23H,1-2H3,(H,18,21). The van der Waals surface area contributed by atoms with E-state index in [2.05, 4.69) is 20.6 Å². The Morgan fingerprint density at radius 2 is 2.00 bits per heavy atom. The van der Waals surface area contributed by atoms with Gasteiger partial charge in [-0.05, 0) is 36.8 Å². The summed E-state index contributed by atoms with van der Waals surface area (Å²) >= 11 is 0. The van der Waals surface area contributed by atoms with Crippen LogP contribution in [-0.2, 0) is 0 Å². The number of phenolic OH excluding ortho intramolecular Hbond substituents is 1. The van der Waals surface area contributed by atoms with Crippen molar-refractivity contribution in [3.8, 4) is 28.1 Å². The highest BCUT2D eigenvalue weighted by atomic mass is 19.1. The predicted octanol–water partition coefficient (Wildman–Crippen LogP) is 3.24. The molecule has 2 aromatic heterocycles. The minimum absolute atomic E-state index is 0.0788. The van der Waals surface area contributed by atoms with E-state index >= 15 is 0 Å². The smallest absolute Gasteiger partial charge is 0.188 e. The van der Waals surface area contributed by atoms with Crippen molar-refractivity contribution >= 4 is 5.82 Å². The average molecular weight is 313 g/mol. The SMILES string of the molecule is CNc1ccc(-c2ccc(-c3cnn(C(C)F)c3)cc2O)nn1. The first-order chi connectivity index (χ1) is 11.1. The molecule has 1 aromatic carbocycles. The molecule has 3 rings (SSSR count). The van der Waals surface area contributed by atoms with Crippen LogP contribution in [0.25, 0.3) is 22.4 Å². The van der Waals surface area contributed by atoms with Gasteiger partial charge in [0, 0.05) is 24.4 Å². The molecule has 2 N–H and O–H groups in total. The van der Waals surface area contributed by atoms with Gasteiger partial charge in [-0.2, -0.15) is 5.10 Å². The summed E-state index contributed by atoms with van der Waals surface area (Å²) < 4.78 is 14.4. The monoisotopic (exact) mass is 313 g/mol. The van der Waals surface area contributed by atoms with Crippen LogP contribution in [0.3, 0.4) is 0 Å². The first-order valence-corrected chi connectivity index (χ1v) is 7.12. The minimum atomic E-state index is -1.20. The third-order valence-electron chi connectivity index (χ3n) is 3.49. The summed E-state index contributed by atoms with van der Waals surface area (Å²) in [5.41, 5.74) is 2.63. The van der Waals surface area contributed by atoms with Gasteiger partial charge in [-0.3, -0.25) is 0 Å². The van der Waals surface area contributed by atoms with Crippen molar-refractivity contribution in [2.24, 2.45) is 0 Å². The normalized spacial score (nSPS) is 12.1. The van der Waals surface area contributed by atoms with E-state index in [0.717, 1.165) is 11.1 Å². The molecule has 0 spiro atoms. The van der Waals surface area contributed by atoms with Gasteiger partial charge in [0.05, 0.1) is 11.9 Å². The minimum Gasteiger partial charge on any atom is -0.507 e. The number of aromatic nitrogens is 4. The van der Waals surface area contributed by atoms with Crippen molar-refractivity contribution < 1.29 is 9.50 Å². The van der Waals surface area contributed by atoms with Crippen molar-refractivity contribution in [3.05, 3.63) is 42.7 Å². The molecule has 2 heterocycles. The molecule has 118 valence electrons. The zero-order chi connectivity index (χ0) is 16.4. The molecule has 1 unspecified atom stereocenters. The van der Waals surface area contributed by atoms with Crippen LogP contribution < -0.4 is 5.32 Å². The fraction of sp³-hybridized carbons (Fsp3) is 0.188. The summed E-state index contributed by atoms with van der Waals surface area (Å²) in [7, 11) is 1.76. The zero-order valence-corrected chi connectivity index (χ0v) is 12.7. The summed E-state index contributed by atoms with van der Waals surface area (Å²) in [6, 6.07) is 8.74. The van der Waals surface area contributed by atoms with Gasteiger partial charge in [0.15, 0.2) is 6.30 Å². The van der Waals surface area contributed by atoms with E-state index in [4.69, 9.17) is 0 Å². The summed E-state index contributed by atoms with van der Waals surface area (Å²) in [6.45, 7) is 1.41. The first kappa shape index (κ1) is 15.0. The first-order valence-electron chi connectivity index (χ1n) is 7.12. The Morgan fingerprint density at radius 1 is 1.17 bits per heavy atom. The van der Waals surface area contributed by atoms with Crippen molar-refractivity contribution in [3.63, 3.8) is 0 Å². The van der Waals surface area contributed by atoms with Gasteiger partial charge < -0.3 is 10.4 Å². The van der Waals surface area contributed by atoms with Gasteiger partial charge in [-0.15, -0.1) is 10.2 Å². The summed E-state index contributed by atoms with van der Waals surface area (Å²) in [5, 5.41) is 25.2. The van der Waals surface area contributed by atoms with Crippen LogP contribution in [0.4, 0.5) is 10.2 Å². The zero-order valence-electron chi connectivity index (χ0n) is 12.7. The van der Waals surface area contributed by atoms with E-state index in [1.165, 1.54) is 11.6 Å². The quantitative estimate of drug-likeness (QED) is 0.773. The van der Waals surface area contributed by atoms with Crippen LogP contribution in [-0.4, -0.2) is 32.1 Å². The number of rotatable bonds is 4. The van der Waals surface area contributed by atoms with Crippen molar-refractivity contribution in [1.82, 2.24) is 20.0 Å². The highest BCUT2D eigenvalue weighted by Gasteiger charge is 2.11. The molecule has 23 heavy (non-hydrogen) atoms. The number of aromatic hydroxyl groups is 1. The summed E-state index contributed by atoms with van der Waals surface area (Å²) in [6.07, 6.45) is 1.96. The number of phenols is 1. The molecule has 1 atom stereocenters. The Morgan fingerprint density at radius 3 is 2.57 bits per heavy atom. The lowest BCUT2D eigenvalue weighted by Gasteiger charge is -2.06. The Kier molecular flexibility index (Phi) is 3.92. The molecular formula is C16H16FN5O. The Bertz CT molecular complexity index is 814. The fourth-order valence-electron chi connectivity index (χ4n) is 2.22. The number of hydrogen-bond acceptors (Lipinski definition) is 5. The van der Waals surface area contributed by atoms with E-state index in [0.29, 0.717) is 17.1 Å². The third kappa shape index (κ3) is 2.98. The van der Waals surface area contributed by atoms with Gasteiger partial charge in [0.1, 0.15) is 11.6 Å². The molecule has 0 saturated heterocycles. The Labute approximate surface area is 132 Å². The van der Waals surface area contributed by atoms with E-state index < -0.39 is 6.30 Å². The predicted molar refractivity (Wildman–Crippen MR) is 85.7 cm³/mol. The molecule has 0 fully saturated rings. The van der Waals surface area contributed by atoms with Crippen LogP contribution in [0.1, 0.15) is 13.2 Å². The number of alkyl halides is 1. The lowest BCUT2D eigenvalue weighted by atomic mass is 10.0. The van der Waals surface area contributed by atoms with Gasteiger partial charge in [0.25, 0.3) is 0 Å². The molecule has 6 nitrogen and oxygen atoms in total. The van der Waals surface area contributed by atoms with Crippen molar-refractivity contribution in [2.45, 2.75) is 13.2 Å². The molecule has 0 aliphatic rings. The number of anilines is 1. The number of nitrogens with zero attached hydrogens (tertiary/aromatic N) is 4. The average Bonchev–Trinajstić information content (AvgIpc) is 3.05. The van der Waals surface area contributed by atoms with Gasteiger partial charge >= 0.3 is 0 Å². The fourth-order valence-corrected chi connectivity index (χ4v) is 2.22. The topological polar surface area (TPSA) is 75.9 Å². The second-order valence-corrected chi connectivity index (χ2v) is 5.07. The lowest BCUT2D eigenvalue weighted by Crippen LogP contribution is -1.98. The van der Waals surface area contributed by atoms with E-state index in [-0.39, 0.29) is 5.75 Å². The van der Waals surface area contributed by atoms with Crippen molar-refractivity contribution in [2.75, 3.05) is 12.4 Å². The van der Waals surface area contributed by atoms with E-state index in [9.17, 15) is 9.50 Å². The molecule has 0 aliphatic carbocycles. The van der Waals surface area contributed by atoms with E-state index in [1.54, 1.807) is 43.7 Å². The van der Waals surface area contributed by atoms with Crippen molar-refractivity contribution in [1.29, 1.82) is 0 Å². The van der Waals surface area contributed by atoms with Crippen LogP contribution in [0.2, 0.25) is 0 Å². The van der Waals surface area contributed by atoms with E-state index in [1.807, 2.05) is 6.07 Å². The van der Waals surface area contributed by atoms with Crippen LogP contribution >= 0.6 is 0 Å². The van der Waals surface area contributed by atoms with Gasteiger partial charge in [-0.25, -0.2) is 9.07 Å². The molecule has 0 bridgehead atoms. The van der Waals surface area contributed by atoms with Crippen LogP contribution in [0.5, 0.6) is 5.75 Å². The molecule has 3 aromatic rings. The Balaban J connectivity index is 1.93. The number of benzene rings is 1.